The monoisotopic (exact) mass is 509 g/mol. The molecule has 0 aliphatic carbocycles. The third kappa shape index (κ3) is 3.48. The molecular formula is C39H27N. The summed E-state index contributed by atoms with van der Waals surface area (Å²) < 4.78 is 2.49. The van der Waals surface area contributed by atoms with E-state index in [0.717, 1.165) is 0 Å². The van der Waals surface area contributed by atoms with Gasteiger partial charge in [-0.1, -0.05) is 139 Å². The minimum atomic E-state index is 1.23. The average molecular weight is 510 g/mol. The van der Waals surface area contributed by atoms with Crippen molar-refractivity contribution in [2.45, 2.75) is 6.92 Å². The summed E-state index contributed by atoms with van der Waals surface area (Å²) in [5.74, 6) is 0. The average Bonchev–Trinajstić information content (AvgIpc) is 3.37. The van der Waals surface area contributed by atoms with Gasteiger partial charge in [0, 0.05) is 21.7 Å². The van der Waals surface area contributed by atoms with Gasteiger partial charge in [0.2, 0.25) is 0 Å². The molecule has 1 heteroatoms. The number of para-hydroxylation sites is 1. The van der Waals surface area contributed by atoms with Crippen molar-refractivity contribution in [1.82, 2.24) is 4.40 Å². The summed E-state index contributed by atoms with van der Waals surface area (Å²) >= 11 is 0. The molecule has 188 valence electrons. The summed E-state index contributed by atoms with van der Waals surface area (Å²) in [4.78, 5) is 0. The second kappa shape index (κ2) is 8.97. The third-order valence-electron chi connectivity index (χ3n) is 8.25. The van der Waals surface area contributed by atoms with Gasteiger partial charge in [-0.25, -0.2) is 0 Å². The first-order valence-corrected chi connectivity index (χ1v) is 13.9. The molecule has 0 aliphatic heterocycles. The lowest BCUT2D eigenvalue weighted by atomic mass is 9.96. The van der Waals surface area contributed by atoms with Crippen LogP contribution in [0, 0.1) is 6.92 Å². The van der Waals surface area contributed by atoms with Gasteiger partial charge in [0.05, 0.1) is 16.6 Å². The number of aryl methyl sites for hydroxylation is 1. The van der Waals surface area contributed by atoms with Gasteiger partial charge >= 0.3 is 0 Å². The van der Waals surface area contributed by atoms with Crippen LogP contribution in [-0.4, -0.2) is 4.40 Å². The highest BCUT2D eigenvalue weighted by atomic mass is 14.9. The van der Waals surface area contributed by atoms with Crippen LogP contribution in [0.3, 0.4) is 0 Å². The molecule has 2 heterocycles. The van der Waals surface area contributed by atoms with Crippen LogP contribution in [0.1, 0.15) is 5.56 Å². The van der Waals surface area contributed by atoms with Gasteiger partial charge in [-0.05, 0) is 52.3 Å². The van der Waals surface area contributed by atoms with E-state index < -0.39 is 0 Å². The van der Waals surface area contributed by atoms with Crippen LogP contribution in [0.2, 0.25) is 0 Å². The van der Waals surface area contributed by atoms with Crippen LogP contribution in [0.25, 0.3) is 71.5 Å². The fourth-order valence-electron chi connectivity index (χ4n) is 6.29. The van der Waals surface area contributed by atoms with Gasteiger partial charge < -0.3 is 4.40 Å². The predicted octanol–water partition coefficient (Wildman–Crippen LogP) is 10.7. The van der Waals surface area contributed by atoms with Gasteiger partial charge in [0.15, 0.2) is 0 Å². The van der Waals surface area contributed by atoms with Crippen molar-refractivity contribution >= 4 is 38.1 Å². The molecule has 2 aromatic heterocycles. The van der Waals surface area contributed by atoms with Crippen LogP contribution < -0.4 is 0 Å². The van der Waals surface area contributed by atoms with E-state index in [1.165, 1.54) is 77.0 Å². The van der Waals surface area contributed by atoms with E-state index in [2.05, 4.69) is 157 Å². The molecule has 0 radical (unpaired) electrons. The van der Waals surface area contributed by atoms with Crippen molar-refractivity contribution < 1.29 is 0 Å². The standard InChI is InChI=1S/C39H27N/c1-26-15-17-29(18-16-26)31-23-24-35-37(25-31)40-36-14-8-7-12-33(36)32-11-5-6-13-34(32)39(40)38(35)30-21-19-28(20-22-30)27-9-3-2-4-10-27/h2-25H,1H3. The zero-order valence-electron chi connectivity index (χ0n) is 22.3. The van der Waals surface area contributed by atoms with E-state index in [0.29, 0.717) is 0 Å². The van der Waals surface area contributed by atoms with Crippen LogP contribution in [0.4, 0.5) is 0 Å². The molecule has 0 N–H and O–H groups in total. The molecule has 40 heavy (non-hydrogen) atoms. The fourth-order valence-corrected chi connectivity index (χ4v) is 6.29. The largest absolute Gasteiger partial charge is 0.308 e. The molecule has 0 saturated heterocycles. The molecule has 1 nitrogen and oxygen atoms in total. The topological polar surface area (TPSA) is 4.41 Å². The number of nitrogens with zero attached hydrogens (tertiary/aromatic N) is 1. The number of aromatic nitrogens is 1. The number of hydrogen-bond acceptors (Lipinski definition) is 0. The van der Waals surface area contributed by atoms with Crippen molar-refractivity contribution in [1.29, 1.82) is 0 Å². The highest BCUT2D eigenvalue weighted by Crippen LogP contribution is 2.43. The Bertz CT molecular complexity index is 2180. The normalized spacial score (nSPS) is 11.6. The Balaban J connectivity index is 1.49. The van der Waals surface area contributed by atoms with E-state index in [9.17, 15) is 0 Å². The van der Waals surface area contributed by atoms with E-state index in [-0.39, 0.29) is 0 Å². The lowest BCUT2D eigenvalue weighted by molar-refractivity contribution is 1.35. The number of pyridine rings is 1. The minimum Gasteiger partial charge on any atom is -0.308 e. The molecule has 0 spiro atoms. The molecule has 0 aliphatic rings. The summed E-state index contributed by atoms with van der Waals surface area (Å²) in [6, 6.07) is 53.1. The molecule has 0 atom stereocenters. The molecule has 0 amide bonds. The third-order valence-corrected chi connectivity index (χ3v) is 8.25. The second-order valence-electron chi connectivity index (χ2n) is 10.7. The summed E-state index contributed by atoms with van der Waals surface area (Å²) in [5.41, 5.74) is 12.5. The van der Waals surface area contributed by atoms with Crippen molar-refractivity contribution in [2.24, 2.45) is 0 Å². The van der Waals surface area contributed by atoms with Crippen molar-refractivity contribution in [3.05, 3.63) is 151 Å². The van der Waals surface area contributed by atoms with Gasteiger partial charge in [0.25, 0.3) is 0 Å². The maximum atomic E-state index is 2.49. The van der Waals surface area contributed by atoms with Crippen LogP contribution in [0.15, 0.2) is 146 Å². The Hall–Kier alpha value is -5.14. The first kappa shape index (κ1) is 22.8. The second-order valence-corrected chi connectivity index (χ2v) is 10.7. The van der Waals surface area contributed by atoms with Crippen molar-refractivity contribution in [2.75, 3.05) is 0 Å². The van der Waals surface area contributed by atoms with E-state index in [1.807, 2.05) is 0 Å². The Labute approximate surface area is 233 Å². The zero-order valence-corrected chi connectivity index (χ0v) is 22.3. The highest BCUT2D eigenvalue weighted by molar-refractivity contribution is 6.22. The van der Waals surface area contributed by atoms with E-state index in [1.54, 1.807) is 0 Å². The quantitative estimate of drug-likeness (QED) is 0.209. The fraction of sp³-hybridized carbons (Fsp3) is 0.0256. The predicted molar refractivity (Wildman–Crippen MR) is 171 cm³/mol. The maximum Gasteiger partial charge on any atom is 0.0625 e. The van der Waals surface area contributed by atoms with Crippen molar-refractivity contribution in [3.63, 3.8) is 0 Å². The first-order chi connectivity index (χ1) is 19.8. The highest BCUT2D eigenvalue weighted by Gasteiger charge is 2.20. The molecule has 0 unspecified atom stereocenters. The Morgan fingerprint density at radius 1 is 0.375 bits per heavy atom. The van der Waals surface area contributed by atoms with E-state index in [4.69, 9.17) is 0 Å². The molecule has 8 aromatic rings. The van der Waals surface area contributed by atoms with E-state index >= 15 is 0 Å². The smallest absolute Gasteiger partial charge is 0.0625 e. The minimum absolute atomic E-state index is 1.23. The van der Waals surface area contributed by atoms with Gasteiger partial charge in [-0.15, -0.1) is 0 Å². The summed E-state index contributed by atoms with van der Waals surface area (Å²) in [6.07, 6.45) is 0. The Morgan fingerprint density at radius 2 is 0.925 bits per heavy atom. The van der Waals surface area contributed by atoms with Crippen LogP contribution in [0.5, 0.6) is 0 Å². The lowest BCUT2D eigenvalue weighted by Gasteiger charge is -2.12. The number of hydrogen-bond donors (Lipinski definition) is 0. The zero-order chi connectivity index (χ0) is 26.6. The van der Waals surface area contributed by atoms with Crippen LogP contribution in [-0.2, 0) is 0 Å². The van der Waals surface area contributed by atoms with Crippen LogP contribution >= 0.6 is 0 Å². The summed E-state index contributed by atoms with van der Waals surface area (Å²) in [7, 11) is 0. The maximum absolute atomic E-state index is 2.49. The van der Waals surface area contributed by atoms with Gasteiger partial charge in [-0.2, -0.15) is 0 Å². The molecule has 6 aromatic carbocycles. The molecule has 0 bridgehead atoms. The number of benzene rings is 6. The molecule has 0 fully saturated rings. The van der Waals surface area contributed by atoms with Gasteiger partial charge in [0.1, 0.15) is 0 Å². The number of fused-ring (bicyclic) bond motifs is 8. The Morgan fingerprint density at radius 3 is 1.70 bits per heavy atom. The molecular weight excluding hydrogens is 482 g/mol. The van der Waals surface area contributed by atoms with Gasteiger partial charge in [-0.3, -0.25) is 0 Å². The summed E-state index contributed by atoms with van der Waals surface area (Å²) in [6.45, 7) is 2.14. The lowest BCUT2D eigenvalue weighted by Crippen LogP contribution is -1.91. The molecule has 0 saturated carbocycles. The summed E-state index contributed by atoms with van der Waals surface area (Å²) in [5, 5.41) is 5.10. The SMILES string of the molecule is Cc1ccc(-c2ccc3c(-c4ccc(-c5ccccc5)cc4)c4c5ccccc5c5ccccc5n4c3c2)cc1. The number of rotatable bonds is 3. The van der Waals surface area contributed by atoms with Crippen molar-refractivity contribution in [3.8, 4) is 33.4 Å². The Kier molecular flexibility index (Phi) is 5.11. The first-order valence-electron chi connectivity index (χ1n) is 13.9. The molecule has 8 rings (SSSR count).